The molecule has 0 radical (unpaired) electrons. The maximum absolute atomic E-state index is 11.4. The fourth-order valence-electron chi connectivity index (χ4n) is 1.53. The molecule has 0 aromatic carbocycles. The molecular formula is C15H22N4O. The van der Waals surface area contributed by atoms with Gasteiger partial charge >= 0.3 is 0 Å². The quantitative estimate of drug-likeness (QED) is 0.782. The third-order valence-electron chi connectivity index (χ3n) is 3.27. The van der Waals surface area contributed by atoms with Gasteiger partial charge in [0.2, 0.25) is 0 Å². The maximum Gasteiger partial charge on any atom is 0.271 e. The molecule has 0 aliphatic rings. The zero-order chi connectivity index (χ0) is 15.2. The van der Waals surface area contributed by atoms with Crippen molar-refractivity contribution in [1.29, 1.82) is 0 Å². The van der Waals surface area contributed by atoms with Crippen LogP contribution in [0, 0.1) is 5.41 Å². The molecule has 0 spiro atoms. The smallest absolute Gasteiger partial charge is 0.271 e. The number of rotatable bonds is 6. The zero-order valence-corrected chi connectivity index (χ0v) is 12.5. The van der Waals surface area contributed by atoms with Gasteiger partial charge < -0.3 is 10.6 Å². The van der Waals surface area contributed by atoms with Gasteiger partial charge in [-0.3, -0.25) is 4.79 Å². The monoisotopic (exact) mass is 274 g/mol. The van der Waals surface area contributed by atoms with Crippen molar-refractivity contribution in [2.24, 2.45) is 5.41 Å². The molecule has 0 fully saturated rings. The molecule has 20 heavy (non-hydrogen) atoms. The van der Waals surface area contributed by atoms with E-state index < -0.39 is 0 Å². The molecule has 5 heteroatoms. The average Bonchev–Trinajstić information content (AvgIpc) is 2.45. The van der Waals surface area contributed by atoms with E-state index in [0.29, 0.717) is 11.5 Å². The Morgan fingerprint density at radius 2 is 2.10 bits per heavy atom. The average molecular weight is 274 g/mol. The Balaban J connectivity index is 2.68. The van der Waals surface area contributed by atoms with Crippen molar-refractivity contribution in [3.63, 3.8) is 0 Å². The van der Waals surface area contributed by atoms with E-state index in [1.54, 1.807) is 25.3 Å². The summed E-state index contributed by atoms with van der Waals surface area (Å²) in [5.41, 5.74) is 1.52. The molecule has 1 rings (SSSR count). The number of carbonyl (C=O) groups excluding carboxylic acids is 1. The van der Waals surface area contributed by atoms with Gasteiger partial charge in [-0.2, -0.15) is 0 Å². The number of allylic oxidation sites excluding steroid dienone is 2. The Labute approximate surface area is 120 Å². The predicted molar refractivity (Wildman–Crippen MR) is 81.6 cm³/mol. The molecular weight excluding hydrogens is 252 g/mol. The van der Waals surface area contributed by atoms with Gasteiger partial charge in [-0.25, -0.2) is 0 Å². The molecule has 0 aliphatic heterocycles. The van der Waals surface area contributed by atoms with Crippen molar-refractivity contribution in [2.75, 3.05) is 18.9 Å². The van der Waals surface area contributed by atoms with Crippen molar-refractivity contribution in [3.8, 4) is 0 Å². The second-order valence-corrected chi connectivity index (χ2v) is 5.21. The first kappa shape index (κ1) is 15.9. The van der Waals surface area contributed by atoms with Gasteiger partial charge in [-0.05, 0) is 19.1 Å². The fourth-order valence-corrected chi connectivity index (χ4v) is 1.53. The topological polar surface area (TPSA) is 66.9 Å². The van der Waals surface area contributed by atoms with Crippen LogP contribution in [0.1, 0.15) is 31.3 Å². The van der Waals surface area contributed by atoms with Crippen LogP contribution < -0.4 is 10.6 Å². The molecule has 1 amide bonds. The van der Waals surface area contributed by atoms with E-state index >= 15 is 0 Å². The number of carbonyl (C=O) groups is 1. The van der Waals surface area contributed by atoms with E-state index in [4.69, 9.17) is 0 Å². The third-order valence-corrected chi connectivity index (χ3v) is 3.27. The van der Waals surface area contributed by atoms with Crippen LogP contribution in [-0.4, -0.2) is 29.7 Å². The minimum atomic E-state index is -0.242. The summed E-state index contributed by atoms with van der Waals surface area (Å²) in [5.74, 6) is 0.409. The number of nitrogens with zero attached hydrogens (tertiary/aromatic N) is 2. The Morgan fingerprint density at radius 1 is 1.40 bits per heavy atom. The van der Waals surface area contributed by atoms with Crippen LogP contribution in [0.2, 0.25) is 0 Å². The largest absolute Gasteiger partial charge is 0.368 e. The Kier molecular flexibility index (Phi) is 5.43. The van der Waals surface area contributed by atoms with E-state index in [9.17, 15) is 4.79 Å². The lowest BCUT2D eigenvalue weighted by atomic mass is 9.85. The molecule has 108 valence electrons. The Hall–Kier alpha value is -2.17. The van der Waals surface area contributed by atoms with Crippen molar-refractivity contribution < 1.29 is 4.79 Å². The van der Waals surface area contributed by atoms with Crippen LogP contribution in [0.25, 0.3) is 0 Å². The lowest BCUT2D eigenvalue weighted by Gasteiger charge is -2.26. The third kappa shape index (κ3) is 4.19. The highest BCUT2D eigenvalue weighted by Gasteiger charge is 2.19. The van der Waals surface area contributed by atoms with Crippen molar-refractivity contribution in [3.05, 3.63) is 42.1 Å². The Bertz CT molecular complexity index is 503. The highest BCUT2D eigenvalue weighted by Crippen LogP contribution is 2.25. The number of hydrogen-bond donors (Lipinski definition) is 2. The van der Waals surface area contributed by atoms with Crippen LogP contribution in [0.15, 0.2) is 36.4 Å². The SMILES string of the molecule is C=C/C=C(\C)C(C)(C)CNc1ccc(C(=O)NC)nn1. The lowest BCUT2D eigenvalue weighted by Crippen LogP contribution is -2.25. The fraction of sp³-hybridized carbons (Fsp3) is 0.400. The second-order valence-electron chi connectivity index (χ2n) is 5.21. The zero-order valence-electron chi connectivity index (χ0n) is 12.5. The molecule has 2 N–H and O–H groups in total. The number of anilines is 1. The Morgan fingerprint density at radius 3 is 2.60 bits per heavy atom. The molecule has 1 heterocycles. The van der Waals surface area contributed by atoms with Crippen LogP contribution in [0.5, 0.6) is 0 Å². The van der Waals surface area contributed by atoms with Crippen molar-refractivity contribution in [1.82, 2.24) is 15.5 Å². The first-order valence-electron chi connectivity index (χ1n) is 6.50. The van der Waals surface area contributed by atoms with Crippen LogP contribution >= 0.6 is 0 Å². The standard InChI is InChI=1S/C15H22N4O/c1-6-7-11(2)15(3,4)10-17-13-9-8-12(18-19-13)14(20)16-5/h6-9H,1,10H2,2-5H3,(H,16,20)(H,17,19)/b11-7+. The lowest BCUT2D eigenvalue weighted by molar-refractivity contribution is 0.0957. The van der Waals surface area contributed by atoms with Crippen molar-refractivity contribution in [2.45, 2.75) is 20.8 Å². The first-order chi connectivity index (χ1) is 9.40. The van der Waals surface area contributed by atoms with E-state index in [2.05, 4.69) is 48.2 Å². The molecule has 0 unspecified atom stereocenters. The van der Waals surface area contributed by atoms with E-state index in [-0.39, 0.29) is 11.3 Å². The highest BCUT2D eigenvalue weighted by atomic mass is 16.1. The van der Waals surface area contributed by atoms with Gasteiger partial charge in [0.1, 0.15) is 5.82 Å². The van der Waals surface area contributed by atoms with Crippen molar-refractivity contribution >= 4 is 11.7 Å². The van der Waals surface area contributed by atoms with E-state index in [1.807, 2.05) is 6.08 Å². The van der Waals surface area contributed by atoms with Crippen LogP contribution in [0.3, 0.4) is 0 Å². The second kappa shape index (κ2) is 6.84. The summed E-state index contributed by atoms with van der Waals surface area (Å²) in [6, 6.07) is 3.40. The highest BCUT2D eigenvalue weighted by molar-refractivity contribution is 5.91. The number of aromatic nitrogens is 2. The first-order valence-corrected chi connectivity index (χ1v) is 6.50. The molecule has 1 aromatic heterocycles. The molecule has 5 nitrogen and oxygen atoms in total. The molecule has 0 saturated heterocycles. The van der Waals surface area contributed by atoms with Gasteiger partial charge in [0.25, 0.3) is 5.91 Å². The predicted octanol–water partition coefficient (Wildman–Crippen LogP) is 2.41. The van der Waals surface area contributed by atoms with E-state index in [1.165, 1.54) is 5.57 Å². The summed E-state index contributed by atoms with van der Waals surface area (Å²) in [6.07, 6.45) is 3.79. The van der Waals surface area contributed by atoms with Gasteiger partial charge in [-0.1, -0.05) is 38.2 Å². The number of amides is 1. The maximum atomic E-state index is 11.4. The normalized spacial score (nSPS) is 11.9. The minimum Gasteiger partial charge on any atom is -0.368 e. The summed E-state index contributed by atoms with van der Waals surface area (Å²) < 4.78 is 0. The summed E-state index contributed by atoms with van der Waals surface area (Å²) >= 11 is 0. The van der Waals surface area contributed by atoms with Crippen LogP contribution in [-0.2, 0) is 0 Å². The van der Waals surface area contributed by atoms with E-state index in [0.717, 1.165) is 6.54 Å². The molecule has 1 aromatic rings. The summed E-state index contributed by atoms with van der Waals surface area (Å²) in [5, 5.41) is 13.6. The van der Waals surface area contributed by atoms with Gasteiger partial charge in [0.05, 0.1) is 0 Å². The van der Waals surface area contributed by atoms with Crippen LogP contribution in [0.4, 0.5) is 5.82 Å². The molecule has 0 atom stereocenters. The minimum absolute atomic E-state index is 0.0185. The number of nitrogens with one attached hydrogen (secondary N) is 2. The van der Waals surface area contributed by atoms with Gasteiger partial charge in [-0.15, -0.1) is 10.2 Å². The summed E-state index contributed by atoms with van der Waals surface area (Å²) in [6.45, 7) is 10.8. The molecule has 0 saturated carbocycles. The summed E-state index contributed by atoms with van der Waals surface area (Å²) in [4.78, 5) is 11.4. The van der Waals surface area contributed by atoms with Gasteiger partial charge in [0, 0.05) is 19.0 Å². The van der Waals surface area contributed by atoms with Gasteiger partial charge in [0.15, 0.2) is 5.69 Å². The molecule has 0 bridgehead atoms. The number of hydrogen-bond acceptors (Lipinski definition) is 4. The molecule has 0 aliphatic carbocycles. The summed E-state index contributed by atoms with van der Waals surface area (Å²) in [7, 11) is 1.56.